The van der Waals surface area contributed by atoms with Crippen LogP contribution in [0.5, 0.6) is 0 Å². The largest absolute Gasteiger partial charge is 0.355 e. The van der Waals surface area contributed by atoms with Crippen LogP contribution in [-0.2, 0) is 4.79 Å². The molecule has 0 saturated carbocycles. The SMILES string of the molecule is CC(C)n1cccc1C1CNC(=O)C1. The molecule has 1 unspecified atom stereocenters. The third kappa shape index (κ3) is 1.54. The fourth-order valence-electron chi connectivity index (χ4n) is 2.04. The summed E-state index contributed by atoms with van der Waals surface area (Å²) in [7, 11) is 0. The van der Waals surface area contributed by atoms with Gasteiger partial charge >= 0.3 is 0 Å². The average molecular weight is 192 g/mol. The smallest absolute Gasteiger partial charge is 0.220 e. The maximum absolute atomic E-state index is 11.1. The van der Waals surface area contributed by atoms with Crippen LogP contribution in [0.1, 0.15) is 37.9 Å². The lowest BCUT2D eigenvalue weighted by molar-refractivity contribution is -0.119. The van der Waals surface area contributed by atoms with Gasteiger partial charge in [0.15, 0.2) is 0 Å². The molecule has 3 nitrogen and oxygen atoms in total. The second-order valence-electron chi connectivity index (χ2n) is 4.14. The second-order valence-corrected chi connectivity index (χ2v) is 4.14. The van der Waals surface area contributed by atoms with E-state index in [1.54, 1.807) is 0 Å². The molecule has 1 aromatic heterocycles. The van der Waals surface area contributed by atoms with Crippen LogP contribution in [0.25, 0.3) is 0 Å². The standard InChI is InChI=1S/C11H16N2O/c1-8(2)13-5-3-4-10(13)9-6-11(14)12-7-9/h3-5,8-9H,6-7H2,1-2H3,(H,12,14). The molecule has 2 heterocycles. The van der Waals surface area contributed by atoms with Gasteiger partial charge < -0.3 is 9.88 Å². The molecule has 3 heteroatoms. The monoisotopic (exact) mass is 192 g/mol. The van der Waals surface area contributed by atoms with Gasteiger partial charge in [0.25, 0.3) is 0 Å². The van der Waals surface area contributed by atoms with Crippen LogP contribution in [0.4, 0.5) is 0 Å². The van der Waals surface area contributed by atoms with Gasteiger partial charge in [-0.1, -0.05) is 0 Å². The molecule has 0 aromatic carbocycles. The Kier molecular flexibility index (Phi) is 2.32. The number of rotatable bonds is 2. The van der Waals surface area contributed by atoms with E-state index < -0.39 is 0 Å². The van der Waals surface area contributed by atoms with Crippen LogP contribution >= 0.6 is 0 Å². The van der Waals surface area contributed by atoms with E-state index in [2.05, 4.69) is 42.1 Å². The van der Waals surface area contributed by atoms with E-state index in [-0.39, 0.29) is 5.91 Å². The number of nitrogens with one attached hydrogen (secondary N) is 1. The van der Waals surface area contributed by atoms with Gasteiger partial charge in [-0.05, 0) is 26.0 Å². The third-order valence-electron chi connectivity index (χ3n) is 2.76. The van der Waals surface area contributed by atoms with E-state index in [0.717, 1.165) is 6.54 Å². The topological polar surface area (TPSA) is 34.0 Å². The normalized spacial score (nSPS) is 21.6. The van der Waals surface area contributed by atoms with Crippen LogP contribution in [0.15, 0.2) is 18.3 Å². The summed E-state index contributed by atoms with van der Waals surface area (Å²) in [5, 5.41) is 2.87. The van der Waals surface area contributed by atoms with E-state index in [9.17, 15) is 4.79 Å². The molecule has 1 aliphatic rings. The van der Waals surface area contributed by atoms with Crippen LogP contribution in [-0.4, -0.2) is 17.0 Å². The van der Waals surface area contributed by atoms with E-state index in [4.69, 9.17) is 0 Å². The van der Waals surface area contributed by atoms with Crippen molar-refractivity contribution in [3.05, 3.63) is 24.0 Å². The molecule has 14 heavy (non-hydrogen) atoms. The molecule has 1 amide bonds. The third-order valence-corrected chi connectivity index (χ3v) is 2.76. The number of carbonyl (C=O) groups is 1. The first-order valence-electron chi connectivity index (χ1n) is 5.12. The molecule has 1 fully saturated rings. The molecular formula is C11H16N2O. The van der Waals surface area contributed by atoms with Crippen molar-refractivity contribution in [3.8, 4) is 0 Å². The Labute approximate surface area is 84.1 Å². The Bertz CT molecular complexity index is 341. The minimum absolute atomic E-state index is 0.173. The number of hydrogen-bond acceptors (Lipinski definition) is 1. The first kappa shape index (κ1) is 9.31. The van der Waals surface area contributed by atoms with Crippen molar-refractivity contribution in [3.63, 3.8) is 0 Å². The molecule has 0 aliphatic carbocycles. The predicted molar refractivity (Wildman–Crippen MR) is 55.2 cm³/mol. The zero-order valence-electron chi connectivity index (χ0n) is 8.66. The summed E-state index contributed by atoms with van der Waals surface area (Å²) in [5.41, 5.74) is 1.28. The highest BCUT2D eigenvalue weighted by molar-refractivity contribution is 5.79. The molecule has 1 saturated heterocycles. The molecule has 0 radical (unpaired) electrons. The molecule has 2 rings (SSSR count). The van der Waals surface area contributed by atoms with Gasteiger partial charge in [-0.25, -0.2) is 0 Å². The summed E-state index contributed by atoms with van der Waals surface area (Å²) in [4.78, 5) is 11.1. The van der Waals surface area contributed by atoms with Crippen molar-refractivity contribution in [1.29, 1.82) is 0 Å². The number of carbonyl (C=O) groups excluding carboxylic acids is 1. The lowest BCUT2D eigenvalue weighted by atomic mass is 10.0. The number of amides is 1. The van der Waals surface area contributed by atoms with Crippen LogP contribution in [0, 0.1) is 0 Å². The molecule has 1 atom stereocenters. The summed E-state index contributed by atoms with van der Waals surface area (Å²) in [5.74, 6) is 0.534. The fraction of sp³-hybridized carbons (Fsp3) is 0.545. The Morgan fingerprint density at radius 3 is 2.93 bits per heavy atom. The highest BCUT2D eigenvalue weighted by atomic mass is 16.1. The highest BCUT2D eigenvalue weighted by Gasteiger charge is 2.25. The predicted octanol–water partition coefficient (Wildman–Crippen LogP) is 1.67. The molecule has 76 valence electrons. The lowest BCUT2D eigenvalue weighted by Gasteiger charge is -2.16. The summed E-state index contributed by atoms with van der Waals surface area (Å²) >= 11 is 0. The molecule has 1 aromatic rings. The first-order chi connectivity index (χ1) is 6.68. The summed E-state index contributed by atoms with van der Waals surface area (Å²) in [6.07, 6.45) is 2.72. The first-order valence-corrected chi connectivity index (χ1v) is 5.12. The number of aromatic nitrogens is 1. The zero-order valence-corrected chi connectivity index (χ0v) is 8.66. The van der Waals surface area contributed by atoms with E-state index in [1.807, 2.05) is 0 Å². The van der Waals surface area contributed by atoms with Gasteiger partial charge in [-0.2, -0.15) is 0 Å². The van der Waals surface area contributed by atoms with Crippen LogP contribution < -0.4 is 5.32 Å². The van der Waals surface area contributed by atoms with Gasteiger partial charge in [0.2, 0.25) is 5.91 Å². The minimum Gasteiger partial charge on any atom is -0.355 e. The molecular weight excluding hydrogens is 176 g/mol. The maximum atomic E-state index is 11.1. The van der Waals surface area contributed by atoms with Gasteiger partial charge in [0.05, 0.1) is 0 Å². The zero-order chi connectivity index (χ0) is 10.1. The number of hydrogen-bond donors (Lipinski definition) is 1. The Hall–Kier alpha value is -1.25. The van der Waals surface area contributed by atoms with Crippen molar-refractivity contribution in [2.24, 2.45) is 0 Å². The van der Waals surface area contributed by atoms with E-state index >= 15 is 0 Å². The molecule has 1 aliphatic heterocycles. The lowest BCUT2D eigenvalue weighted by Crippen LogP contribution is -2.14. The van der Waals surface area contributed by atoms with Gasteiger partial charge in [0, 0.05) is 36.8 Å². The van der Waals surface area contributed by atoms with E-state index in [0.29, 0.717) is 18.4 Å². The Morgan fingerprint density at radius 2 is 2.36 bits per heavy atom. The summed E-state index contributed by atoms with van der Waals surface area (Å²) in [6, 6.07) is 4.64. The summed E-state index contributed by atoms with van der Waals surface area (Å²) in [6.45, 7) is 5.11. The Balaban J connectivity index is 2.23. The van der Waals surface area contributed by atoms with Crippen LogP contribution in [0.3, 0.4) is 0 Å². The highest BCUT2D eigenvalue weighted by Crippen LogP contribution is 2.25. The number of nitrogens with zero attached hydrogens (tertiary/aromatic N) is 1. The summed E-state index contributed by atoms with van der Waals surface area (Å²) < 4.78 is 2.24. The van der Waals surface area contributed by atoms with E-state index in [1.165, 1.54) is 5.69 Å². The average Bonchev–Trinajstić information content (AvgIpc) is 2.70. The molecule has 0 bridgehead atoms. The van der Waals surface area contributed by atoms with Gasteiger partial charge in [-0.15, -0.1) is 0 Å². The molecule has 1 N–H and O–H groups in total. The second kappa shape index (κ2) is 3.48. The molecule has 0 spiro atoms. The quantitative estimate of drug-likeness (QED) is 0.760. The van der Waals surface area contributed by atoms with Crippen LogP contribution in [0.2, 0.25) is 0 Å². The maximum Gasteiger partial charge on any atom is 0.220 e. The minimum atomic E-state index is 0.173. The Morgan fingerprint density at radius 1 is 1.57 bits per heavy atom. The van der Waals surface area contributed by atoms with Crippen molar-refractivity contribution in [2.75, 3.05) is 6.54 Å². The van der Waals surface area contributed by atoms with Gasteiger partial charge in [-0.3, -0.25) is 4.79 Å². The van der Waals surface area contributed by atoms with Crippen molar-refractivity contribution < 1.29 is 4.79 Å². The van der Waals surface area contributed by atoms with Crippen molar-refractivity contribution >= 4 is 5.91 Å². The van der Waals surface area contributed by atoms with Gasteiger partial charge in [0.1, 0.15) is 0 Å². The fourth-order valence-corrected chi connectivity index (χ4v) is 2.04. The van der Waals surface area contributed by atoms with Crippen molar-refractivity contribution in [2.45, 2.75) is 32.2 Å². The van der Waals surface area contributed by atoms with Crippen molar-refractivity contribution in [1.82, 2.24) is 9.88 Å².